The van der Waals surface area contributed by atoms with E-state index < -0.39 is 36.4 Å². The molecular weight excluding hydrogens is 678 g/mol. The van der Waals surface area contributed by atoms with Crippen LogP contribution in [0.15, 0.2) is 140 Å². The molecule has 5 aromatic carbocycles. The van der Waals surface area contributed by atoms with Crippen molar-refractivity contribution < 1.29 is 33.3 Å². The van der Waals surface area contributed by atoms with Crippen LogP contribution < -0.4 is 0 Å². The number of amides is 1. The molecule has 1 fully saturated rings. The minimum atomic E-state index is -0.692. The Labute approximate surface area is 310 Å². The van der Waals surface area contributed by atoms with E-state index in [0.29, 0.717) is 37.0 Å². The molecule has 1 aliphatic rings. The summed E-state index contributed by atoms with van der Waals surface area (Å²) in [6.07, 6.45) is -3.15. The Hall–Kier alpha value is -4.38. The molecule has 9 heteroatoms. The highest BCUT2D eigenvalue weighted by atomic mass is 35.5. The number of carbonyl (C=O) groups excluding carboxylic acids is 1. The van der Waals surface area contributed by atoms with Gasteiger partial charge in [-0.15, -0.1) is 0 Å². The van der Waals surface area contributed by atoms with Crippen LogP contribution in [-0.4, -0.2) is 56.2 Å². The quantitative estimate of drug-likeness (QED) is 0.0948. The van der Waals surface area contributed by atoms with Gasteiger partial charge in [0.25, 0.3) is 5.91 Å². The third-order valence-electron chi connectivity index (χ3n) is 8.99. The molecule has 5 atom stereocenters. The molecule has 8 nitrogen and oxygen atoms in total. The normalized spacial score (nSPS) is 20.0. The molecule has 0 aliphatic carbocycles. The Morgan fingerprint density at radius 3 is 1.60 bits per heavy atom. The zero-order chi connectivity index (χ0) is 36.1. The number of nitrogens with zero attached hydrogens (tertiary/aromatic N) is 1. The van der Waals surface area contributed by atoms with Gasteiger partial charge in [-0.1, -0.05) is 139 Å². The van der Waals surface area contributed by atoms with Gasteiger partial charge in [-0.25, -0.2) is 5.06 Å². The van der Waals surface area contributed by atoms with E-state index in [4.69, 9.17) is 40.1 Å². The van der Waals surface area contributed by atoms with Crippen LogP contribution in [0.2, 0.25) is 5.02 Å². The lowest BCUT2D eigenvalue weighted by molar-refractivity contribution is -0.275. The van der Waals surface area contributed by atoms with Crippen molar-refractivity contribution in [2.24, 2.45) is 0 Å². The minimum Gasteiger partial charge on any atom is -0.374 e. The van der Waals surface area contributed by atoms with Crippen molar-refractivity contribution in [2.45, 2.75) is 56.9 Å². The van der Waals surface area contributed by atoms with Gasteiger partial charge in [-0.05, 0) is 39.9 Å². The lowest BCUT2D eigenvalue weighted by Crippen LogP contribution is -2.58. The standard InChI is InChI=1S/C43H44ClNO7/c1-45(47-2)43(46)36-25-35(23-24-37(36)44)39-41(50-28-33-19-11-5-12-20-33)42(51-29-34-21-13-6-14-22-34)40(49-27-32-17-9-4-10-18-32)38(52-39)30-48-26-31-15-7-3-8-16-31/h3-25,38-42H,26-30H2,1-2H3/t38-,39?,40-,41+,42+/m1/s1. The zero-order valence-electron chi connectivity index (χ0n) is 29.4. The predicted molar refractivity (Wildman–Crippen MR) is 199 cm³/mol. The number of hydrogen-bond donors (Lipinski definition) is 0. The maximum absolute atomic E-state index is 13.3. The molecule has 1 saturated heterocycles. The highest BCUT2D eigenvalue weighted by Crippen LogP contribution is 2.39. The van der Waals surface area contributed by atoms with Crippen molar-refractivity contribution in [3.8, 4) is 0 Å². The van der Waals surface area contributed by atoms with Gasteiger partial charge in [0.15, 0.2) is 0 Å². The summed E-state index contributed by atoms with van der Waals surface area (Å²) in [6, 6.07) is 45.3. The van der Waals surface area contributed by atoms with Gasteiger partial charge in [-0.2, -0.15) is 0 Å². The van der Waals surface area contributed by atoms with Crippen LogP contribution in [0.25, 0.3) is 0 Å². The Morgan fingerprint density at radius 2 is 1.10 bits per heavy atom. The monoisotopic (exact) mass is 721 g/mol. The number of rotatable bonds is 16. The maximum atomic E-state index is 13.3. The van der Waals surface area contributed by atoms with Gasteiger partial charge in [0, 0.05) is 7.05 Å². The van der Waals surface area contributed by atoms with E-state index in [1.165, 1.54) is 14.2 Å². The minimum absolute atomic E-state index is 0.216. The molecule has 1 heterocycles. The van der Waals surface area contributed by atoms with E-state index in [-0.39, 0.29) is 12.2 Å². The van der Waals surface area contributed by atoms with Crippen molar-refractivity contribution in [3.63, 3.8) is 0 Å². The van der Waals surface area contributed by atoms with Crippen LogP contribution in [0.4, 0.5) is 0 Å². The number of hydrogen-bond acceptors (Lipinski definition) is 7. The second kappa shape index (κ2) is 18.9. The predicted octanol–water partition coefficient (Wildman–Crippen LogP) is 8.39. The third kappa shape index (κ3) is 9.93. The van der Waals surface area contributed by atoms with E-state index in [9.17, 15) is 4.79 Å². The second-order valence-electron chi connectivity index (χ2n) is 12.6. The van der Waals surface area contributed by atoms with Gasteiger partial charge in [0.1, 0.15) is 30.5 Å². The fourth-order valence-corrected chi connectivity index (χ4v) is 6.39. The van der Waals surface area contributed by atoms with E-state index in [1.54, 1.807) is 12.1 Å². The van der Waals surface area contributed by atoms with E-state index in [2.05, 4.69) is 0 Å². The fraction of sp³-hybridized carbons (Fsp3) is 0.279. The Balaban J connectivity index is 1.40. The van der Waals surface area contributed by atoms with Crippen LogP contribution in [0.1, 0.15) is 44.3 Å². The summed E-state index contributed by atoms with van der Waals surface area (Å²) in [6.45, 7) is 1.54. The van der Waals surface area contributed by atoms with Crippen LogP contribution in [0.5, 0.6) is 0 Å². The van der Waals surface area contributed by atoms with Crippen molar-refractivity contribution in [1.82, 2.24) is 5.06 Å². The third-order valence-corrected chi connectivity index (χ3v) is 9.32. The first-order chi connectivity index (χ1) is 25.5. The average molecular weight is 722 g/mol. The van der Waals surface area contributed by atoms with Crippen molar-refractivity contribution in [1.29, 1.82) is 0 Å². The molecule has 0 saturated carbocycles. The fourth-order valence-electron chi connectivity index (χ4n) is 6.19. The Kier molecular flexibility index (Phi) is 13.6. The summed E-state index contributed by atoms with van der Waals surface area (Å²) in [5.74, 6) is -0.393. The van der Waals surface area contributed by atoms with Crippen molar-refractivity contribution in [2.75, 3.05) is 20.8 Å². The highest BCUT2D eigenvalue weighted by Gasteiger charge is 2.49. The van der Waals surface area contributed by atoms with E-state index in [0.717, 1.165) is 27.3 Å². The van der Waals surface area contributed by atoms with Gasteiger partial charge in [-0.3, -0.25) is 9.63 Å². The molecule has 0 spiro atoms. The van der Waals surface area contributed by atoms with Gasteiger partial charge >= 0.3 is 0 Å². The SMILES string of the molecule is CON(C)C(=O)c1cc(C2O[C@H](COCc3ccccc3)[C@@H](OCc3ccccc3)[C@H](OCc3ccccc3)[C@H]2OCc2ccccc2)ccc1Cl. The first kappa shape index (κ1) is 37.4. The second-order valence-corrected chi connectivity index (χ2v) is 13.0. The summed E-state index contributed by atoms with van der Waals surface area (Å²) in [5, 5.41) is 1.43. The maximum Gasteiger partial charge on any atom is 0.278 e. The summed E-state index contributed by atoms with van der Waals surface area (Å²) in [5.41, 5.74) is 5.02. The molecule has 270 valence electrons. The van der Waals surface area contributed by atoms with E-state index >= 15 is 0 Å². The van der Waals surface area contributed by atoms with Crippen molar-refractivity contribution >= 4 is 17.5 Å². The zero-order valence-corrected chi connectivity index (χ0v) is 30.1. The summed E-state index contributed by atoms with van der Waals surface area (Å²) in [4.78, 5) is 18.5. The molecule has 1 unspecified atom stereocenters. The molecule has 0 radical (unpaired) electrons. The first-order valence-electron chi connectivity index (χ1n) is 17.4. The number of halogens is 1. The number of carbonyl (C=O) groups is 1. The van der Waals surface area contributed by atoms with Crippen LogP contribution in [-0.2, 0) is 54.9 Å². The molecule has 6 rings (SSSR count). The molecular formula is C43H44ClNO7. The summed E-state index contributed by atoms with van der Waals surface area (Å²) < 4.78 is 33.8. The molecule has 0 N–H and O–H groups in total. The average Bonchev–Trinajstić information content (AvgIpc) is 3.20. The molecule has 1 amide bonds. The van der Waals surface area contributed by atoms with Gasteiger partial charge in [0.05, 0.1) is 50.7 Å². The number of ether oxygens (including phenoxy) is 5. The highest BCUT2D eigenvalue weighted by molar-refractivity contribution is 6.33. The largest absolute Gasteiger partial charge is 0.374 e. The number of benzene rings is 5. The first-order valence-corrected chi connectivity index (χ1v) is 17.7. The van der Waals surface area contributed by atoms with E-state index in [1.807, 2.05) is 127 Å². The summed E-state index contributed by atoms with van der Waals surface area (Å²) in [7, 11) is 2.97. The molecule has 52 heavy (non-hydrogen) atoms. The van der Waals surface area contributed by atoms with Gasteiger partial charge in [0.2, 0.25) is 0 Å². The molecule has 0 bridgehead atoms. The topological polar surface area (TPSA) is 75.7 Å². The lowest BCUT2D eigenvalue weighted by atomic mass is 9.89. The van der Waals surface area contributed by atoms with Crippen molar-refractivity contribution in [3.05, 3.63) is 178 Å². The van der Waals surface area contributed by atoms with Crippen LogP contribution in [0.3, 0.4) is 0 Å². The molecule has 1 aliphatic heterocycles. The smallest absolute Gasteiger partial charge is 0.278 e. The Morgan fingerprint density at radius 1 is 0.635 bits per heavy atom. The molecule has 0 aromatic heterocycles. The lowest BCUT2D eigenvalue weighted by Gasteiger charge is -2.46. The molecule has 5 aromatic rings. The van der Waals surface area contributed by atoms with Gasteiger partial charge < -0.3 is 23.7 Å². The Bertz CT molecular complexity index is 1810. The van der Waals surface area contributed by atoms with Crippen LogP contribution in [0, 0.1) is 0 Å². The summed E-state index contributed by atoms with van der Waals surface area (Å²) >= 11 is 6.59. The number of hydroxylamine groups is 2. The van der Waals surface area contributed by atoms with Crippen LogP contribution >= 0.6 is 11.6 Å².